The van der Waals surface area contributed by atoms with Crippen LogP contribution >= 0.6 is 0 Å². The van der Waals surface area contributed by atoms with E-state index in [0.29, 0.717) is 12.2 Å². The number of aromatic nitrogens is 3. The summed E-state index contributed by atoms with van der Waals surface area (Å²) in [4.78, 5) is 11.8. The van der Waals surface area contributed by atoms with Crippen molar-refractivity contribution in [2.45, 2.75) is 39.3 Å². The molecular weight excluding hydrogens is 276 g/mol. The molecule has 0 bridgehead atoms. The van der Waals surface area contributed by atoms with Crippen LogP contribution in [0.2, 0.25) is 0 Å². The second-order valence-corrected chi connectivity index (χ2v) is 5.89. The van der Waals surface area contributed by atoms with Crippen LogP contribution in [-0.4, -0.2) is 26.4 Å². The summed E-state index contributed by atoms with van der Waals surface area (Å²) in [5, 5.41) is 11.1. The van der Waals surface area contributed by atoms with Crippen LogP contribution in [0.3, 0.4) is 0 Å². The molecule has 1 heterocycles. The first kappa shape index (κ1) is 15.9. The second kappa shape index (κ2) is 7.02. The van der Waals surface area contributed by atoms with Gasteiger partial charge in [0.25, 0.3) is 0 Å². The zero-order chi connectivity index (χ0) is 16.0. The maximum absolute atomic E-state index is 11.8. The minimum Gasteiger partial charge on any atom is -0.348 e. The molecule has 0 radical (unpaired) electrons. The lowest BCUT2D eigenvalue weighted by molar-refractivity contribution is -0.117. The number of nitrogens with zero attached hydrogens (tertiary/aromatic N) is 3. The molecule has 0 aliphatic rings. The van der Waals surface area contributed by atoms with Crippen molar-refractivity contribution in [3.63, 3.8) is 0 Å². The maximum Gasteiger partial charge on any atom is 0.244 e. The molecule has 1 amide bonds. The molecule has 0 spiro atoms. The molecule has 0 fully saturated rings. The Kier molecular flexibility index (Phi) is 5.09. The molecule has 2 aromatic rings. The van der Waals surface area contributed by atoms with Gasteiger partial charge in [-0.15, -0.1) is 5.10 Å². The first-order valence-electron chi connectivity index (χ1n) is 7.43. The third-order valence-electron chi connectivity index (χ3n) is 3.49. The highest BCUT2D eigenvalue weighted by atomic mass is 16.1. The van der Waals surface area contributed by atoms with Gasteiger partial charge in [0.15, 0.2) is 0 Å². The summed E-state index contributed by atoms with van der Waals surface area (Å²) >= 11 is 0. The van der Waals surface area contributed by atoms with Gasteiger partial charge in [0, 0.05) is 11.6 Å². The molecule has 0 atom stereocenters. The second-order valence-electron chi connectivity index (χ2n) is 5.89. The summed E-state index contributed by atoms with van der Waals surface area (Å²) in [5.41, 5.74) is 1.62. The zero-order valence-electron chi connectivity index (χ0n) is 13.3. The SMILES string of the molecule is CCC(C)(C)NC(=O)/C=C/c1cn(Cc2ccccc2)nn1. The number of nitrogens with one attached hydrogen (secondary N) is 1. The Bertz CT molecular complexity index is 644. The van der Waals surface area contributed by atoms with Crippen LogP contribution in [0.1, 0.15) is 38.4 Å². The molecule has 0 saturated carbocycles. The monoisotopic (exact) mass is 298 g/mol. The highest BCUT2D eigenvalue weighted by Crippen LogP contribution is 2.07. The smallest absolute Gasteiger partial charge is 0.244 e. The summed E-state index contributed by atoms with van der Waals surface area (Å²) in [6, 6.07) is 10.0. The first-order valence-corrected chi connectivity index (χ1v) is 7.43. The van der Waals surface area contributed by atoms with Crippen LogP contribution in [0.4, 0.5) is 0 Å². The molecule has 1 N–H and O–H groups in total. The molecule has 2 rings (SSSR count). The zero-order valence-corrected chi connectivity index (χ0v) is 13.3. The Morgan fingerprint density at radius 1 is 1.32 bits per heavy atom. The number of carbonyl (C=O) groups is 1. The van der Waals surface area contributed by atoms with Crippen molar-refractivity contribution >= 4 is 12.0 Å². The summed E-state index contributed by atoms with van der Waals surface area (Å²) < 4.78 is 1.75. The Morgan fingerprint density at radius 3 is 2.73 bits per heavy atom. The number of amides is 1. The largest absolute Gasteiger partial charge is 0.348 e. The third-order valence-corrected chi connectivity index (χ3v) is 3.49. The van der Waals surface area contributed by atoms with Gasteiger partial charge in [0.2, 0.25) is 5.91 Å². The topological polar surface area (TPSA) is 59.8 Å². The average Bonchev–Trinajstić information content (AvgIpc) is 2.93. The quantitative estimate of drug-likeness (QED) is 0.834. The molecule has 0 aliphatic heterocycles. The Morgan fingerprint density at radius 2 is 2.05 bits per heavy atom. The van der Waals surface area contributed by atoms with Crippen molar-refractivity contribution in [1.82, 2.24) is 20.3 Å². The predicted octanol–water partition coefficient (Wildman–Crippen LogP) is 2.64. The van der Waals surface area contributed by atoms with E-state index < -0.39 is 0 Å². The molecule has 0 unspecified atom stereocenters. The average molecular weight is 298 g/mol. The van der Waals surface area contributed by atoms with Crippen LogP contribution in [0.5, 0.6) is 0 Å². The van der Waals surface area contributed by atoms with Gasteiger partial charge in [-0.05, 0) is 31.9 Å². The molecule has 1 aromatic heterocycles. The molecule has 5 nitrogen and oxygen atoms in total. The fourth-order valence-corrected chi connectivity index (χ4v) is 1.86. The summed E-state index contributed by atoms with van der Waals surface area (Å²) in [6.07, 6.45) is 5.87. The van der Waals surface area contributed by atoms with Crippen molar-refractivity contribution in [3.05, 3.63) is 53.9 Å². The maximum atomic E-state index is 11.8. The van der Waals surface area contributed by atoms with Gasteiger partial charge in [0.05, 0.1) is 12.7 Å². The highest BCUT2D eigenvalue weighted by molar-refractivity contribution is 5.91. The van der Waals surface area contributed by atoms with E-state index in [4.69, 9.17) is 0 Å². The van der Waals surface area contributed by atoms with E-state index in [2.05, 4.69) is 15.6 Å². The fourth-order valence-electron chi connectivity index (χ4n) is 1.86. The van der Waals surface area contributed by atoms with Gasteiger partial charge < -0.3 is 5.32 Å². The van der Waals surface area contributed by atoms with Gasteiger partial charge >= 0.3 is 0 Å². The summed E-state index contributed by atoms with van der Waals surface area (Å²) in [7, 11) is 0. The van der Waals surface area contributed by atoms with E-state index in [0.717, 1.165) is 12.0 Å². The van der Waals surface area contributed by atoms with E-state index >= 15 is 0 Å². The fraction of sp³-hybridized carbons (Fsp3) is 0.353. The van der Waals surface area contributed by atoms with E-state index in [1.54, 1.807) is 10.8 Å². The van der Waals surface area contributed by atoms with E-state index in [1.165, 1.54) is 6.08 Å². The van der Waals surface area contributed by atoms with Crippen molar-refractivity contribution in [2.75, 3.05) is 0 Å². The summed E-state index contributed by atoms with van der Waals surface area (Å²) in [5.74, 6) is -0.121. The minimum absolute atomic E-state index is 0.121. The van der Waals surface area contributed by atoms with Crippen molar-refractivity contribution in [1.29, 1.82) is 0 Å². The van der Waals surface area contributed by atoms with Crippen LogP contribution in [0.15, 0.2) is 42.6 Å². The summed E-state index contributed by atoms with van der Waals surface area (Å²) in [6.45, 7) is 6.69. The Labute approximate surface area is 131 Å². The Hall–Kier alpha value is -2.43. The third kappa shape index (κ3) is 4.84. The molecule has 5 heteroatoms. The van der Waals surface area contributed by atoms with Gasteiger partial charge in [-0.25, -0.2) is 4.68 Å². The molecule has 0 saturated heterocycles. The number of rotatable bonds is 6. The lowest BCUT2D eigenvalue weighted by Crippen LogP contribution is -2.41. The lowest BCUT2D eigenvalue weighted by Gasteiger charge is -2.23. The van der Waals surface area contributed by atoms with Crippen molar-refractivity contribution in [3.8, 4) is 0 Å². The molecular formula is C17H22N4O. The Balaban J connectivity index is 1.94. The number of carbonyl (C=O) groups excluding carboxylic acids is 1. The van der Waals surface area contributed by atoms with Gasteiger partial charge in [0.1, 0.15) is 5.69 Å². The van der Waals surface area contributed by atoms with Crippen LogP contribution in [-0.2, 0) is 11.3 Å². The van der Waals surface area contributed by atoms with Crippen LogP contribution in [0.25, 0.3) is 6.08 Å². The highest BCUT2D eigenvalue weighted by Gasteiger charge is 2.15. The molecule has 1 aromatic carbocycles. The molecule has 22 heavy (non-hydrogen) atoms. The first-order chi connectivity index (χ1) is 10.5. The minimum atomic E-state index is -0.202. The van der Waals surface area contributed by atoms with Crippen LogP contribution in [0, 0.1) is 0 Å². The predicted molar refractivity (Wildman–Crippen MR) is 87.1 cm³/mol. The molecule has 0 aliphatic carbocycles. The number of hydrogen-bond donors (Lipinski definition) is 1. The van der Waals surface area contributed by atoms with E-state index in [1.807, 2.05) is 57.3 Å². The van der Waals surface area contributed by atoms with Crippen molar-refractivity contribution in [2.24, 2.45) is 0 Å². The normalized spacial score (nSPS) is 11.8. The number of hydrogen-bond acceptors (Lipinski definition) is 3. The number of benzene rings is 1. The van der Waals surface area contributed by atoms with Gasteiger partial charge in [-0.3, -0.25) is 4.79 Å². The van der Waals surface area contributed by atoms with Gasteiger partial charge in [-0.2, -0.15) is 0 Å². The van der Waals surface area contributed by atoms with Crippen LogP contribution < -0.4 is 5.32 Å². The lowest BCUT2D eigenvalue weighted by atomic mass is 10.0. The van der Waals surface area contributed by atoms with Crippen molar-refractivity contribution < 1.29 is 4.79 Å². The van der Waals surface area contributed by atoms with Gasteiger partial charge in [-0.1, -0.05) is 42.5 Å². The standard InChI is InChI=1S/C17H22N4O/c1-4-17(2,3)18-16(22)11-10-15-13-21(20-19-15)12-14-8-6-5-7-9-14/h5-11,13H,4,12H2,1-3H3,(H,18,22)/b11-10+. The molecule has 116 valence electrons. The van der Waals surface area contributed by atoms with E-state index in [-0.39, 0.29) is 11.4 Å². The van der Waals surface area contributed by atoms with E-state index in [9.17, 15) is 4.79 Å².